The zero-order valence-electron chi connectivity index (χ0n) is 10.8. The van der Waals surface area contributed by atoms with Gasteiger partial charge in [-0.25, -0.2) is 0 Å². The van der Waals surface area contributed by atoms with Crippen molar-refractivity contribution in [2.75, 3.05) is 13.6 Å². The molecular formula is C12H21N3O. The molecule has 1 heterocycles. The van der Waals surface area contributed by atoms with E-state index in [1.54, 1.807) is 4.90 Å². The first-order valence-electron chi connectivity index (χ1n) is 5.71. The van der Waals surface area contributed by atoms with Gasteiger partial charge in [-0.15, -0.1) is 0 Å². The van der Waals surface area contributed by atoms with Gasteiger partial charge in [0.15, 0.2) is 0 Å². The maximum atomic E-state index is 12.1. The molecule has 1 unspecified atom stereocenters. The van der Waals surface area contributed by atoms with E-state index in [4.69, 9.17) is 5.26 Å². The lowest BCUT2D eigenvalue weighted by Crippen LogP contribution is -2.67. The lowest BCUT2D eigenvalue weighted by molar-refractivity contribution is -0.150. The molecule has 0 aromatic heterocycles. The Morgan fingerprint density at radius 3 is 2.56 bits per heavy atom. The van der Waals surface area contributed by atoms with Crippen LogP contribution in [-0.2, 0) is 4.79 Å². The fraction of sp³-hybridized carbons (Fsp3) is 0.833. The number of hydrogen-bond donors (Lipinski definition) is 0. The summed E-state index contributed by atoms with van der Waals surface area (Å²) in [6.07, 6.45) is 0.269. The minimum absolute atomic E-state index is 0.0644. The Labute approximate surface area is 97.8 Å². The number of hydrogen-bond acceptors (Lipinski definition) is 3. The van der Waals surface area contributed by atoms with E-state index in [0.717, 1.165) is 0 Å². The molecule has 0 aromatic rings. The highest BCUT2D eigenvalue weighted by atomic mass is 16.2. The van der Waals surface area contributed by atoms with Crippen molar-refractivity contribution in [1.29, 1.82) is 5.26 Å². The second-order valence-electron chi connectivity index (χ2n) is 5.39. The van der Waals surface area contributed by atoms with Gasteiger partial charge in [0.25, 0.3) is 0 Å². The van der Waals surface area contributed by atoms with Gasteiger partial charge in [-0.2, -0.15) is 5.26 Å². The Morgan fingerprint density at radius 1 is 1.56 bits per heavy atom. The third-order valence-corrected chi connectivity index (χ3v) is 3.16. The lowest BCUT2D eigenvalue weighted by Gasteiger charge is -2.51. The maximum absolute atomic E-state index is 12.1. The first-order valence-corrected chi connectivity index (χ1v) is 5.71. The molecule has 0 radical (unpaired) electrons. The largest absolute Gasteiger partial charge is 0.343 e. The molecule has 1 rings (SSSR count). The molecule has 16 heavy (non-hydrogen) atoms. The third kappa shape index (κ3) is 2.19. The van der Waals surface area contributed by atoms with Crippen molar-refractivity contribution < 1.29 is 4.79 Å². The number of likely N-dealkylation sites (N-methyl/N-ethyl adjacent to an activating group) is 1. The van der Waals surface area contributed by atoms with Crippen molar-refractivity contribution in [2.24, 2.45) is 0 Å². The molecule has 0 saturated carbocycles. The zero-order chi connectivity index (χ0) is 12.5. The molecule has 0 spiro atoms. The fourth-order valence-electron chi connectivity index (χ4n) is 2.87. The van der Waals surface area contributed by atoms with Crippen LogP contribution < -0.4 is 0 Å². The van der Waals surface area contributed by atoms with E-state index in [2.05, 4.69) is 38.7 Å². The minimum Gasteiger partial charge on any atom is -0.343 e. The predicted octanol–water partition coefficient (Wildman–Crippen LogP) is 1.23. The van der Waals surface area contributed by atoms with Crippen molar-refractivity contribution in [3.63, 3.8) is 0 Å². The van der Waals surface area contributed by atoms with E-state index in [-0.39, 0.29) is 30.0 Å². The average Bonchev–Trinajstić information content (AvgIpc) is 2.12. The summed E-state index contributed by atoms with van der Waals surface area (Å²) in [5.74, 6) is 0.0644. The Morgan fingerprint density at radius 2 is 2.12 bits per heavy atom. The average molecular weight is 223 g/mol. The number of carbonyl (C=O) groups is 1. The van der Waals surface area contributed by atoms with Crippen molar-refractivity contribution in [1.82, 2.24) is 9.80 Å². The Kier molecular flexibility index (Phi) is 3.59. The smallest absolute Gasteiger partial charge is 0.240 e. The highest BCUT2D eigenvalue weighted by Gasteiger charge is 2.44. The number of rotatable bonds is 2. The van der Waals surface area contributed by atoms with Gasteiger partial charge in [-0.3, -0.25) is 9.69 Å². The van der Waals surface area contributed by atoms with Crippen molar-refractivity contribution in [3.8, 4) is 6.07 Å². The summed E-state index contributed by atoms with van der Waals surface area (Å²) in [5.41, 5.74) is -0.0711. The molecule has 0 aromatic carbocycles. The molecule has 4 heteroatoms. The number of nitrogens with zero attached hydrogens (tertiary/aromatic N) is 3. The number of piperazine rings is 1. The van der Waals surface area contributed by atoms with Crippen LogP contribution in [0, 0.1) is 11.3 Å². The molecule has 0 N–H and O–H groups in total. The van der Waals surface area contributed by atoms with Crippen LogP contribution in [0.5, 0.6) is 0 Å². The molecule has 0 aliphatic carbocycles. The lowest BCUT2D eigenvalue weighted by atomic mass is 9.91. The summed E-state index contributed by atoms with van der Waals surface area (Å²) in [4.78, 5) is 16.0. The third-order valence-electron chi connectivity index (χ3n) is 3.16. The summed E-state index contributed by atoms with van der Waals surface area (Å²) in [6, 6.07) is 2.10. The molecule has 90 valence electrons. The van der Waals surface area contributed by atoms with Gasteiger partial charge in [0.05, 0.1) is 12.5 Å². The van der Waals surface area contributed by atoms with Crippen LogP contribution in [0.25, 0.3) is 0 Å². The van der Waals surface area contributed by atoms with Crippen molar-refractivity contribution in [3.05, 3.63) is 0 Å². The number of carbonyl (C=O) groups excluding carboxylic acids is 1. The predicted molar refractivity (Wildman–Crippen MR) is 62.7 cm³/mol. The number of amides is 1. The molecule has 1 aliphatic heterocycles. The summed E-state index contributed by atoms with van der Waals surface area (Å²) in [6.45, 7) is 9.11. The Balaban J connectivity index is 3.06. The molecule has 1 atom stereocenters. The van der Waals surface area contributed by atoms with Crippen LogP contribution >= 0.6 is 0 Å². The highest BCUT2D eigenvalue weighted by Crippen LogP contribution is 2.29. The van der Waals surface area contributed by atoms with Crippen LogP contribution in [0.3, 0.4) is 0 Å². The normalized spacial score (nSPS) is 25.9. The van der Waals surface area contributed by atoms with Gasteiger partial charge >= 0.3 is 0 Å². The second-order valence-corrected chi connectivity index (χ2v) is 5.39. The summed E-state index contributed by atoms with van der Waals surface area (Å²) < 4.78 is 0. The van der Waals surface area contributed by atoms with E-state index in [1.165, 1.54) is 0 Å². The van der Waals surface area contributed by atoms with Crippen LogP contribution in [0.1, 0.15) is 34.1 Å². The second kappa shape index (κ2) is 4.42. The van der Waals surface area contributed by atoms with Gasteiger partial charge in [-0.1, -0.05) is 0 Å². The van der Waals surface area contributed by atoms with Gasteiger partial charge < -0.3 is 4.90 Å². The molecule has 1 fully saturated rings. The van der Waals surface area contributed by atoms with Crippen molar-refractivity contribution >= 4 is 5.91 Å². The Hall–Kier alpha value is -1.08. The molecule has 1 amide bonds. The molecular weight excluding hydrogens is 202 g/mol. The van der Waals surface area contributed by atoms with E-state index in [9.17, 15) is 4.79 Å². The monoisotopic (exact) mass is 223 g/mol. The van der Waals surface area contributed by atoms with Crippen molar-refractivity contribution in [2.45, 2.75) is 51.7 Å². The molecule has 4 nitrogen and oxygen atoms in total. The van der Waals surface area contributed by atoms with E-state index in [1.807, 2.05) is 7.05 Å². The minimum atomic E-state index is -0.293. The van der Waals surface area contributed by atoms with Gasteiger partial charge in [0.2, 0.25) is 5.91 Å². The van der Waals surface area contributed by atoms with Gasteiger partial charge in [-0.05, 0) is 27.7 Å². The topological polar surface area (TPSA) is 47.3 Å². The van der Waals surface area contributed by atoms with Crippen LogP contribution in [0.15, 0.2) is 0 Å². The van der Waals surface area contributed by atoms with E-state index >= 15 is 0 Å². The number of nitriles is 1. The SMILES string of the molecule is CC(C)N1C(CC#N)C(=O)N(C)CC1(C)C. The molecule has 0 bridgehead atoms. The maximum Gasteiger partial charge on any atom is 0.240 e. The summed E-state index contributed by atoms with van der Waals surface area (Å²) >= 11 is 0. The van der Waals surface area contributed by atoms with E-state index in [0.29, 0.717) is 6.54 Å². The van der Waals surface area contributed by atoms with Crippen LogP contribution in [-0.4, -0.2) is 46.9 Å². The summed E-state index contributed by atoms with van der Waals surface area (Å²) in [5, 5.41) is 8.84. The first kappa shape index (κ1) is 13.0. The van der Waals surface area contributed by atoms with Crippen LogP contribution in [0.4, 0.5) is 0 Å². The molecule has 1 saturated heterocycles. The molecule has 1 aliphatic rings. The first-order chi connectivity index (χ1) is 7.31. The van der Waals surface area contributed by atoms with Gasteiger partial charge in [0.1, 0.15) is 6.04 Å². The zero-order valence-corrected chi connectivity index (χ0v) is 10.8. The van der Waals surface area contributed by atoms with E-state index < -0.39 is 0 Å². The van der Waals surface area contributed by atoms with Gasteiger partial charge in [0, 0.05) is 25.2 Å². The highest BCUT2D eigenvalue weighted by molar-refractivity contribution is 5.83. The quantitative estimate of drug-likeness (QED) is 0.707. The Bertz CT molecular complexity index is 317. The standard InChI is InChI=1S/C12H21N3O/c1-9(2)15-10(6-7-13)11(16)14(5)8-12(15,3)4/h9-10H,6,8H2,1-5H3. The fourth-order valence-corrected chi connectivity index (χ4v) is 2.87. The summed E-state index contributed by atoms with van der Waals surface area (Å²) in [7, 11) is 1.81. The van der Waals surface area contributed by atoms with Crippen LogP contribution in [0.2, 0.25) is 0 Å².